The minimum Gasteiger partial charge on any atom is -0.495 e. The van der Waals surface area contributed by atoms with Gasteiger partial charge in [-0.15, -0.1) is 21.6 Å². The number of ether oxygens (including phenoxy) is 2. The predicted octanol–water partition coefficient (Wildman–Crippen LogP) is 3.33. The molecule has 0 radical (unpaired) electrons. The summed E-state index contributed by atoms with van der Waals surface area (Å²) in [6.45, 7) is 2.04. The predicted molar refractivity (Wildman–Crippen MR) is 79.7 cm³/mol. The van der Waals surface area contributed by atoms with E-state index in [2.05, 4.69) is 15.2 Å². The first-order valence-corrected chi connectivity index (χ1v) is 7.00. The number of benzene rings is 1. The molecule has 110 valence electrons. The first kappa shape index (κ1) is 14.9. The number of carbonyl (C=O) groups excluding carboxylic acids is 1. The largest absolute Gasteiger partial charge is 0.495 e. The van der Waals surface area contributed by atoms with Crippen molar-refractivity contribution in [2.24, 2.45) is 10.2 Å². The third-order valence-corrected chi connectivity index (χ3v) is 3.17. The molecule has 1 aromatic heterocycles. The second kappa shape index (κ2) is 6.80. The number of carbonyl (C=O) groups is 1. The molecule has 21 heavy (non-hydrogen) atoms. The molecule has 0 fully saturated rings. The number of nitrogens with zero attached hydrogens (tertiary/aromatic N) is 3. The van der Waals surface area contributed by atoms with Gasteiger partial charge >= 0.3 is 5.97 Å². The average Bonchev–Trinajstić information content (AvgIpc) is 2.95. The number of anilines is 1. The summed E-state index contributed by atoms with van der Waals surface area (Å²) < 4.78 is 9.95. The Balaban J connectivity index is 2.12. The van der Waals surface area contributed by atoms with Gasteiger partial charge in [0.05, 0.1) is 25.1 Å². The van der Waals surface area contributed by atoms with Gasteiger partial charge in [-0.05, 0) is 19.1 Å². The minimum atomic E-state index is -0.468. The molecule has 2 rings (SSSR count). The van der Waals surface area contributed by atoms with Gasteiger partial charge in [-0.2, -0.15) is 0 Å². The molecule has 7 nitrogen and oxygen atoms in total. The van der Waals surface area contributed by atoms with Crippen LogP contribution in [0.3, 0.4) is 0 Å². The van der Waals surface area contributed by atoms with Gasteiger partial charge in [-0.3, -0.25) is 0 Å². The van der Waals surface area contributed by atoms with Crippen molar-refractivity contribution in [2.75, 3.05) is 19.5 Å². The maximum absolute atomic E-state index is 11.5. The highest BCUT2D eigenvalue weighted by atomic mass is 32.1. The van der Waals surface area contributed by atoms with E-state index in [-0.39, 0.29) is 5.69 Å². The van der Waals surface area contributed by atoms with E-state index >= 15 is 0 Å². The molecule has 1 aromatic carbocycles. The third kappa shape index (κ3) is 3.76. The van der Waals surface area contributed by atoms with Crippen LogP contribution in [0.1, 0.15) is 17.4 Å². The standard InChI is InChI=1S/C13H14N4O3S/c1-3-20-12(18)10-7-21-13(15-10)17-16-8-4-5-9(14)11(6-8)19-2/h4-7H,3,14H2,1-2H3. The van der Waals surface area contributed by atoms with Crippen molar-refractivity contribution in [3.8, 4) is 5.75 Å². The Kier molecular flexibility index (Phi) is 4.83. The fourth-order valence-electron chi connectivity index (χ4n) is 1.47. The summed E-state index contributed by atoms with van der Waals surface area (Å²) in [6, 6.07) is 5.05. The highest BCUT2D eigenvalue weighted by Gasteiger charge is 2.11. The molecule has 1 heterocycles. The number of nitrogen functional groups attached to an aromatic ring is 1. The summed E-state index contributed by atoms with van der Waals surface area (Å²) in [6.07, 6.45) is 0. The summed E-state index contributed by atoms with van der Waals surface area (Å²) in [5, 5.41) is 9.95. The topological polar surface area (TPSA) is 99.2 Å². The van der Waals surface area contributed by atoms with E-state index in [1.165, 1.54) is 18.4 Å². The number of hydrogen-bond acceptors (Lipinski definition) is 8. The highest BCUT2D eigenvalue weighted by molar-refractivity contribution is 7.13. The van der Waals surface area contributed by atoms with E-state index < -0.39 is 5.97 Å². The average molecular weight is 306 g/mol. The van der Waals surface area contributed by atoms with Gasteiger partial charge in [0.1, 0.15) is 5.75 Å². The first-order chi connectivity index (χ1) is 10.1. The Morgan fingerprint density at radius 1 is 1.43 bits per heavy atom. The number of hydrogen-bond donors (Lipinski definition) is 1. The molecule has 0 aliphatic carbocycles. The number of aromatic nitrogens is 1. The van der Waals surface area contributed by atoms with Crippen molar-refractivity contribution < 1.29 is 14.3 Å². The van der Waals surface area contributed by atoms with Crippen molar-refractivity contribution in [2.45, 2.75) is 6.92 Å². The lowest BCUT2D eigenvalue weighted by atomic mass is 10.2. The van der Waals surface area contributed by atoms with Gasteiger partial charge in [-0.25, -0.2) is 9.78 Å². The molecule has 0 aliphatic rings. The third-order valence-electron chi connectivity index (χ3n) is 2.44. The molecule has 0 unspecified atom stereocenters. The van der Waals surface area contributed by atoms with Crippen LogP contribution in [0.15, 0.2) is 33.8 Å². The Labute approximate surface area is 125 Å². The maximum atomic E-state index is 11.5. The SMILES string of the molecule is CCOC(=O)c1csc(N=Nc2ccc(N)c(OC)c2)n1. The van der Waals surface area contributed by atoms with Crippen LogP contribution in [0.2, 0.25) is 0 Å². The Bertz CT molecular complexity index is 669. The molecular weight excluding hydrogens is 292 g/mol. The fourth-order valence-corrected chi connectivity index (χ4v) is 2.08. The Morgan fingerprint density at radius 3 is 2.95 bits per heavy atom. The van der Waals surface area contributed by atoms with Crippen LogP contribution in [0.25, 0.3) is 0 Å². The van der Waals surface area contributed by atoms with Crippen LogP contribution >= 0.6 is 11.3 Å². The molecule has 0 saturated heterocycles. The van der Waals surface area contributed by atoms with Gasteiger partial charge in [-0.1, -0.05) is 0 Å². The zero-order valence-electron chi connectivity index (χ0n) is 11.6. The van der Waals surface area contributed by atoms with Crippen molar-refractivity contribution in [3.05, 3.63) is 29.3 Å². The van der Waals surface area contributed by atoms with Crippen LogP contribution in [0.4, 0.5) is 16.5 Å². The first-order valence-electron chi connectivity index (χ1n) is 6.12. The lowest BCUT2D eigenvalue weighted by Gasteiger charge is -2.03. The molecule has 0 bridgehead atoms. The van der Waals surface area contributed by atoms with E-state index in [0.29, 0.717) is 28.9 Å². The molecule has 0 spiro atoms. The molecule has 0 atom stereocenters. The zero-order valence-corrected chi connectivity index (χ0v) is 12.4. The second-order valence-electron chi connectivity index (χ2n) is 3.86. The second-order valence-corrected chi connectivity index (χ2v) is 4.70. The molecule has 2 N–H and O–H groups in total. The quantitative estimate of drug-likeness (QED) is 0.519. The summed E-state index contributed by atoms with van der Waals surface area (Å²) in [7, 11) is 1.53. The van der Waals surface area contributed by atoms with Crippen LogP contribution < -0.4 is 10.5 Å². The number of nitrogens with two attached hydrogens (primary N) is 1. The van der Waals surface area contributed by atoms with Crippen molar-refractivity contribution in [1.29, 1.82) is 0 Å². The van der Waals surface area contributed by atoms with E-state index in [1.54, 1.807) is 30.5 Å². The number of thiazole rings is 1. The molecule has 8 heteroatoms. The van der Waals surface area contributed by atoms with Gasteiger partial charge in [0.25, 0.3) is 0 Å². The summed E-state index contributed by atoms with van der Waals surface area (Å²) in [4.78, 5) is 15.5. The number of azo groups is 1. The fraction of sp³-hybridized carbons (Fsp3) is 0.231. The maximum Gasteiger partial charge on any atom is 0.357 e. The highest BCUT2D eigenvalue weighted by Crippen LogP contribution is 2.28. The van der Waals surface area contributed by atoms with E-state index in [0.717, 1.165) is 0 Å². The monoisotopic (exact) mass is 306 g/mol. The van der Waals surface area contributed by atoms with Crippen LogP contribution in [0.5, 0.6) is 5.75 Å². The van der Waals surface area contributed by atoms with E-state index in [4.69, 9.17) is 15.2 Å². The van der Waals surface area contributed by atoms with E-state index in [9.17, 15) is 4.79 Å². The summed E-state index contributed by atoms with van der Waals surface area (Å²) in [5.74, 6) is 0.0576. The molecule has 2 aromatic rings. The minimum absolute atomic E-state index is 0.227. The zero-order chi connectivity index (χ0) is 15.2. The normalized spacial score (nSPS) is 10.8. The lowest BCUT2D eigenvalue weighted by molar-refractivity contribution is 0.0520. The molecular formula is C13H14N4O3S. The van der Waals surface area contributed by atoms with Crippen molar-refractivity contribution >= 4 is 33.8 Å². The Hall–Kier alpha value is -2.48. The van der Waals surface area contributed by atoms with Crippen LogP contribution in [-0.2, 0) is 4.74 Å². The van der Waals surface area contributed by atoms with Gasteiger partial charge in [0, 0.05) is 11.4 Å². The van der Waals surface area contributed by atoms with Crippen molar-refractivity contribution in [1.82, 2.24) is 4.98 Å². The van der Waals surface area contributed by atoms with Gasteiger partial charge in [0.2, 0.25) is 5.13 Å². The number of rotatable bonds is 5. The smallest absolute Gasteiger partial charge is 0.357 e. The van der Waals surface area contributed by atoms with Gasteiger partial charge < -0.3 is 15.2 Å². The summed E-state index contributed by atoms with van der Waals surface area (Å²) >= 11 is 1.21. The number of esters is 1. The van der Waals surface area contributed by atoms with Crippen LogP contribution in [-0.4, -0.2) is 24.7 Å². The molecule has 0 saturated carbocycles. The van der Waals surface area contributed by atoms with E-state index in [1.807, 2.05) is 0 Å². The van der Waals surface area contributed by atoms with Gasteiger partial charge in [0.15, 0.2) is 5.69 Å². The lowest BCUT2D eigenvalue weighted by Crippen LogP contribution is -2.04. The Morgan fingerprint density at radius 2 is 2.24 bits per heavy atom. The van der Waals surface area contributed by atoms with Crippen molar-refractivity contribution in [3.63, 3.8) is 0 Å². The molecule has 0 aliphatic heterocycles. The number of methoxy groups -OCH3 is 1. The molecule has 0 amide bonds. The summed E-state index contributed by atoms with van der Waals surface area (Å²) in [5.41, 5.74) is 7.04. The van der Waals surface area contributed by atoms with Crippen LogP contribution in [0, 0.1) is 0 Å².